The monoisotopic (exact) mass is 311 g/mol. The van der Waals surface area contributed by atoms with Crippen molar-refractivity contribution in [3.63, 3.8) is 0 Å². The van der Waals surface area contributed by atoms with Crippen molar-refractivity contribution in [1.29, 1.82) is 0 Å². The molecule has 2 rings (SSSR count). The lowest BCUT2D eigenvalue weighted by Gasteiger charge is -2.01. The first-order chi connectivity index (χ1) is 7.31. The number of fused-ring (bicyclic) bond motifs is 1. The van der Waals surface area contributed by atoms with Crippen molar-refractivity contribution in [2.45, 2.75) is 0 Å². The van der Waals surface area contributed by atoms with E-state index < -0.39 is 0 Å². The predicted molar refractivity (Wildman–Crippen MR) is 70.8 cm³/mol. The van der Waals surface area contributed by atoms with E-state index in [1.807, 2.05) is 30.5 Å². The van der Waals surface area contributed by atoms with Gasteiger partial charge in [0.2, 0.25) is 0 Å². The summed E-state index contributed by atoms with van der Waals surface area (Å²) in [5, 5.41) is 9.93. The van der Waals surface area contributed by atoms with Gasteiger partial charge in [0.25, 0.3) is 0 Å². The van der Waals surface area contributed by atoms with Gasteiger partial charge in [-0.05, 0) is 40.8 Å². The van der Waals surface area contributed by atoms with E-state index in [1.54, 1.807) is 6.08 Å². The molecule has 2 nitrogen and oxygen atoms in total. The number of hydrogen-bond acceptors (Lipinski definition) is 2. The van der Waals surface area contributed by atoms with E-state index >= 15 is 0 Å². The van der Waals surface area contributed by atoms with Crippen LogP contribution in [0.15, 0.2) is 42.6 Å². The molecular weight excluding hydrogens is 301 g/mol. The maximum absolute atomic E-state index is 8.81. The predicted octanol–water partition coefficient (Wildman–Crippen LogP) is 3.00. The molecule has 0 radical (unpaired) electrons. The van der Waals surface area contributed by atoms with Gasteiger partial charge in [-0.2, -0.15) is 0 Å². The summed E-state index contributed by atoms with van der Waals surface area (Å²) in [4.78, 5) is 4.36. The first kappa shape index (κ1) is 10.6. The average Bonchev–Trinajstić information content (AvgIpc) is 2.29. The molecular formula is C12H10INO. The maximum atomic E-state index is 8.81. The quantitative estimate of drug-likeness (QED) is 0.865. The minimum atomic E-state index is 0.0606. The molecule has 0 aliphatic heterocycles. The van der Waals surface area contributed by atoms with Crippen LogP contribution >= 0.6 is 22.6 Å². The van der Waals surface area contributed by atoms with Gasteiger partial charge in [-0.15, -0.1) is 0 Å². The normalized spacial score (nSPS) is 12.0. The summed E-state index contributed by atoms with van der Waals surface area (Å²) in [6.45, 7) is 0.0606. The van der Waals surface area contributed by atoms with Crippen molar-refractivity contribution in [2.75, 3.05) is 6.61 Å². The van der Waals surface area contributed by atoms with Crippen molar-refractivity contribution in [3.05, 3.63) is 48.2 Å². The number of pyridine rings is 1. The Hall–Kier alpha value is -0.940. The molecule has 15 heavy (non-hydrogen) atoms. The largest absolute Gasteiger partial charge is 0.392 e. The summed E-state index contributed by atoms with van der Waals surface area (Å²) in [6.07, 6.45) is 3.60. The van der Waals surface area contributed by atoms with Gasteiger partial charge in [0, 0.05) is 20.7 Å². The van der Waals surface area contributed by atoms with Gasteiger partial charge in [-0.25, -0.2) is 0 Å². The summed E-state index contributed by atoms with van der Waals surface area (Å²) >= 11 is 2.20. The Bertz CT molecular complexity index is 508. The summed E-state index contributed by atoms with van der Waals surface area (Å²) in [5.74, 6) is 0. The van der Waals surface area contributed by atoms with Crippen molar-refractivity contribution in [1.82, 2.24) is 4.98 Å². The Kier molecular flexibility index (Phi) is 3.33. The second kappa shape index (κ2) is 4.72. The Morgan fingerprint density at radius 2 is 2.20 bits per heavy atom. The van der Waals surface area contributed by atoms with Gasteiger partial charge in [0.15, 0.2) is 0 Å². The Morgan fingerprint density at radius 3 is 3.00 bits per heavy atom. The van der Waals surface area contributed by atoms with Crippen LogP contribution in [0.3, 0.4) is 0 Å². The molecule has 0 amide bonds. The molecule has 0 fully saturated rings. The molecule has 0 spiro atoms. The highest BCUT2D eigenvalue weighted by molar-refractivity contribution is 14.1. The van der Waals surface area contributed by atoms with E-state index in [0.29, 0.717) is 0 Å². The molecule has 76 valence electrons. The van der Waals surface area contributed by atoms with Gasteiger partial charge < -0.3 is 5.11 Å². The Morgan fingerprint density at radius 1 is 1.40 bits per heavy atom. The third-order valence-electron chi connectivity index (χ3n) is 2.14. The second-order valence-corrected chi connectivity index (χ2v) is 4.31. The molecule has 0 unspecified atom stereocenters. The molecule has 1 N–H and O–H groups in total. The van der Waals surface area contributed by atoms with Gasteiger partial charge in [-0.3, -0.25) is 4.98 Å². The van der Waals surface area contributed by atoms with Gasteiger partial charge >= 0.3 is 0 Å². The fourth-order valence-corrected chi connectivity index (χ4v) is 1.89. The van der Waals surface area contributed by atoms with Crippen LogP contribution in [0, 0.1) is 0 Å². The number of para-hydroxylation sites is 1. The van der Waals surface area contributed by atoms with Crippen LogP contribution in [0.25, 0.3) is 14.5 Å². The van der Waals surface area contributed by atoms with E-state index in [9.17, 15) is 0 Å². The van der Waals surface area contributed by atoms with Crippen LogP contribution in [-0.4, -0.2) is 16.7 Å². The SMILES string of the molecule is OC/C=C(\I)c1cnc2ccccc2c1. The fraction of sp³-hybridized carbons (Fsp3) is 0.0833. The minimum absolute atomic E-state index is 0.0606. The third-order valence-corrected chi connectivity index (χ3v) is 3.20. The highest BCUT2D eigenvalue weighted by atomic mass is 127. The third kappa shape index (κ3) is 2.35. The highest BCUT2D eigenvalue weighted by Gasteiger charge is 1.99. The molecule has 0 aliphatic rings. The smallest absolute Gasteiger partial charge is 0.0702 e. The maximum Gasteiger partial charge on any atom is 0.0702 e. The highest BCUT2D eigenvalue weighted by Crippen LogP contribution is 2.23. The first-order valence-corrected chi connectivity index (χ1v) is 5.71. The van der Waals surface area contributed by atoms with Gasteiger partial charge in [0.05, 0.1) is 12.1 Å². The van der Waals surface area contributed by atoms with E-state index in [2.05, 4.69) is 33.6 Å². The van der Waals surface area contributed by atoms with Crippen LogP contribution in [0.5, 0.6) is 0 Å². The molecule has 1 heterocycles. The van der Waals surface area contributed by atoms with E-state index in [1.165, 1.54) is 0 Å². The minimum Gasteiger partial charge on any atom is -0.392 e. The van der Waals surface area contributed by atoms with Gasteiger partial charge in [-0.1, -0.05) is 18.2 Å². The lowest BCUT2D eigenvalue weighted by atomic mass is 10.1. The van der Waals surface area contributed by atoms with Crippen LogP contribution in [0.2, 0.25) is 0 Å². The Labute approximate surface area is 102 Å². The summed E-state index contributed by atoms with van der Waals surface area (Å²) in [6, 6.07) is 10.1. The number of benzene rings is 1. The topological polar surface area (TPSA) is 33.1 Å². The zero-order chi connectivity index (χ0) is 10.7. The van der Waals surface area contributed by atoms with E-state index in [4.69, 9.17) is 5.11 Å². The van der Waals surface area contributed by atoms with Crippen LogP contribution in [0.1, 0.15) is 5.56 Å². The van der Waals surface area contributed by atoms with Crippen LogP contribution < -0.4 is 0 Å². The van der Waals surface area contributed by atoms with E-state index in [0.717, 1.165) is 20.0 Å². The number of hydrogen-bond donors (Lipinski definition) is 1. The number of aliphatic hydroxyl groups excluding tert-OH is 1. The number of halogens is 1. The zero-order valence-corrected chi connectivity index (χ0v) is 10.2. The zero-order valence-electron chi connectivity index (χ0n) is 8.02. The van der Waals surface area contributed by atoms with Crippen molar-refractivity contribution in [3.8, 4) is 0 Å². The van der Waals surface area contributed by atoms with Crippen molar-refractivity contribution >= 4 is 37.1 Å². The molecule has 0 aliphatic carbocycles. The van der Waals surface area contributed by atoms with Crippen LogP contribution in [-0.2, 0) is 0 Å². The summed E-state index contributed by atoms with van der Waals surface area (Å²) in [7, 11) is 0. The van der Waals surface area contributed by atoms with E-state index in [-0.39, 0.29) is 6.61 Å². The van der Waals surface area contributed by atoms with Crippen molar-refractivity contribution in [2.24, 2.45) is 0 Å². The molecule has 0 saturated heterocycles. The molecule has 3 heteroatoms. The van der Waals surface area contributed by atoms with Gasteiger partial charge in [0.1, 0.15) is 0 Å². The molecule has 0 bridgehead atoms. The second-order valence-electron chi connectivity index (χ2n) is 3.15. The number of rotatable bonds is 2. The number of aliphatic hydroxyl groups is 1. The lowest BCUT2D eigenvalue weighted by Crippen LogP contribution is -1.84. The molecule has 1 aromatic heterocycles. The first-order valence-electron chi connectivity index (χ1n) is 4.63. The molecule has 1 aromatic carbocycles. The fourth-order valence-electron chi connectivity index (χ4n) is 1.40. The average molecular weight is 311 g/mol. The summed E-state index contributed by atoms with van der Waals surface area (Å²) in [5.41, 5.74) is 2.04. The lowest BCUT2D eigenvalue weighted by molar-refractivity contribution is 0.343. The number of aromatic nitrogens is 1. The summed E-state index contributed by atoms with van der Waals surface area (Å²) < 4.78 is 1.02. The standard InChI is InChI=1S/C12H10INO/c13-11(5-6-15)10-7-9-3-1-2-4-12(9)14-8-10/h1-5,7-8,15H,6H2/b11-5-. The molecule has 0 saturated carbocycles. The van der Waals surface area contributed by atoms with Crippen molar-refractivity contribution < 1.29 is 5.11 Å². The number of nitrogens with zero attached hydrogens (tertiary/aromatic N) is 1. The molecule has 2 aromatic rings. The Balaban J connectivity index is 2.51. The van der Waals surface area contributed by atoms with Crippen LogP contribution in [0.4, 0.5) is 0 Å². The molecule has 0 atom stereocenters.